The molecule has 4 atom stereocenters. The highest BCUT2D eigenvalue weighted by molar-refractivity contribution is 5.94. The third kappa shape index (κ3) is 2.77. The number of aromatic nitrogens is 3. The maximum absolute atomic E-state index is 13.3. The number of ether oxygens (including phenoxy) is 1. The number of carbonyl (C=O) groups excluding carboxylic acids is 1. The number of hydrogen-bond acceptors (Lipinski definition) is 6. The second-order valence-electron chi connectivity index (χ2n) is 9.11. The van der Waals surface area contributed by atoms with Crippen molar-refractivity contribution in [2.24, 2.45) is 5.92 Å². The number of hydrogen-bond donors (Lipinski definition) is 0. The molecule has 4 bridgehead atoms. The number of pyridine rings is 1. The van der Waals surface area contributed by atoms with Gasteiger partial charge in [0.25, 0.3) is 11.5 Å². The van der Waals surface area contributed by atoms with Gasteiger partial charge in [0.05, 0.1) is 18.8 Å². The molecule has 8 heteroatoms. The van der Waals surface area contributed by atoms with Crippen LogP contribution in [0.2, 0.25) is 0 Å². The predicted molar refractivity (Wildman–Crippen MR) is 110 cm³/mol. The van der Waals surface area contributed by atoms with Gasteiger partial charge in [0.1, 0.15) is 17.7 Å². The number of rotatable bonds is 2. The van der Waals surface area contributed by atoms with Gasteiger partial charge in [0.2, 0.25) is 0 Å². The van der Waals surface area contributed by atoms with E-state index in [1.807, 2.05) is 28.5 Å². The average Bonchev–Trinajstić information content (AvgIpc) is 3.38. The van der Waals surface area contributed by atoms with Crippen molar-refractivity contribution >= 4 is 11.7 Å². The van der Waals surface area contributed by atoms with Crippen LogP contribution in [0.4, 0.5) is 5.82 Å². The van der Waals surface area contributed by atoms with E-state index in [0.29, 0.717) is 31.2 Å². The van der Waals surface area contributed by atoms with Crippen molar-refractivity contribution in [3.05, 3.63) is 51.8 Å². The number of carbonyl (C=O) groups is 1. The quantitative estimate of drug-likeness (QED) is 0.744. The van der Waals surface area contributed by atoms with Crippen LogP contribution >= 0.6 is 0 Å². The van der Waals surface area contributed by atoms with Crippen molar-refractivity contribution in [3.63, 3.8) is 0 Å². The van der Waals surface area contributed by atoms with Gasteiger partial charge < -0.3 is 19.1 Å². The summed E-state index contributed by atoms with van der Waals surface area (Å²) in [6, 6.07) is 5.88. The monoisotopic (exact) mass is 407 g/mol. The van der Waals surface area contributed by atoms with Crippen LogP contribution in [0.3, 0.4) is 0 Å². The zero-order valence-electron chi connectivity index (χ0n) is 17.0. The number of anilines is 1. The van der Waals surface area contributed by atoms with Crippen molar-refractivity contribution in [2.45, 2.75) is 44.4 Å². The number of nitrogens with zero attached hydrogens (tertiary/aromatic N) is 5. The third-order valence-electron chi connectivity index (χ3n) is 7.11. The molecular weight excluding hydrogens is 382 g/mol. The molecule has 2 aromatic heterocycles. The fourth-order valence-electron chi connectivity index (χ4n) is 5.71. The van der Waals surface area contributed by atoms with Crippen LogP contribution in [-0.2, 0) is 11.3 Å². The number of fused-ring (bicyclic) bond motifs is 6. The van der Waals surface area contributed by atoms with Gasteiger partial charge in [-0.3, -0.25) is 9.59 Å². The Morgan fingerprint density at radius 2 is 2.03 bits per heavy atom. The second-order valence-corrected chi connectivity index (χ2v) is 9.11. The summed E-state index contributed by atoms with van der Waals surface area (Å²) >= 11 is 0. The summed E-state index contributed by atoms with van der Waals surface area (Å²) in [5.74, 6) is 1.44. The van der Waals surface area contributed by atoms with E-state index in [4.69, 9.17) is 4.74 Å². The Morgan fingerprint density at radius 3 is 2.80 bits per heavy atom. The van der Waals surface area contributed by atoms with Crippen LogP contribution in [0.25, 0.3) is 0 Å². The molecule has 0 aliphatic carbocycles. The van der Waals surface area contributed by atoms with Gasteiger partial charge in [0, 0.05) is 49.6 Å². The Morgan fingerprint density at radius 1 is 1.13 bits per heavy atom. The molecule has 0 radical (unpaired) electrons. The third-order valence-corrected chi connectivity index (χ3v) is 7.11. The molecule has 156 valence electrons. The molecule has 3 saturated heterocycles. The second kappa shape index (κ2) is 6.63. The molecular formula is C22H25N5O3. The summed E-state index contributed by atoms with van der Waals surface area (Å²) in [5.41, 5.74) is 2.16. The first-order valence-electron chi connectivity index (χ1n) is 10.8. The van der Waals surface area contributed by atoms with E-state index in [2.05, 4.69) is 14.9 Å². The summed E-state index contributed by atoms with van der Waals surface area (Å²) in [6.07, 6.45) is 3.71. The summed E-state index contributed by atoms with van der Waals surface area (Å²) in [7, 11) is 0. The van der Waals surface area contributed by atoms with Gasteiger partial charge in [0.15, 0.2) is 0 Å². The van der Waals surface area contributed by atoms with E-state index in [0.717, 1.165) is 43.1 Å². The highest BCUT2D eigenvalue weighted by atomic mass is 16.5. The Balaban J connectivity index is 1.30. The average molecular weight is 407 g/mol. The highest BCUT2D eigenvalue weighted by Crippen LogP contribution is 2.37. The van der Waals surface area contributed by atoms with Crippen LogP contribution in [0.5, 0.6) is 0 Å². The van der Waals surface area contributed by atoms with Gasteiger partial charge in [-0.2, -0.15) is 0 Å². The summed E-state index contributed by atoms with van der Waals surface area (Å²) in [6.45, 7) is 5.51. The number of amides is 1. The lowest BCUT2D eigenvalue weighted by Crippen LogP contribution is -2.49. The van der Waals surface area contributed by atoms with E-state index in [1.165, 1.54) is 0 Å². The number of aryl methyl sites for hydroxylation is 1. The standard InChI is InChI=1S/C22H25N5O3/c1-13-4-20(24-12-23-13)25-7-14-5-15(9-25)19-3-2-18(22(29)27(19)8-14)21(28)26-10-17-6-16(26)11-30-17/h2-4,12,14-17H,5-11H2,1H3/t14-,15+,16+,17+/m0/s1. The number of morpholine rings is 1. The Bertz CT molecular complexity index is 1080. The van der Waals surface area contributed by atoms with E-state index in [-0.39, 0.29) is 29.5 Å². The lowest BCUT2D eigenvalue weighted by molar-refractivity contribution is 0.0257. The molecule has 6 heterocycles. The Labute approximate surface area is 174 Å². The first-order chi connectivity index (χ1) is 14.6. The van der Waals surface area contributed by atoms with Crippen LogP contribution in [-0.4, -0.2) is 63.7 Å². The minimum Gasteiger partial charge on any atom is -0.374 e. The van der Waals surface area contributed by atoms with Gasteiger partial charge in [-0.15, -0.1) is 0 Å². The van der Waals surface area contributed by atoms with E-state index < -0.39 is 0 Å². The first kappa shape index (κ1) is 18.1. The molecule has 3 fully saturated rings. The molecule has 6 rings (SSSR count). The minimum absolute atomic E-state index is 0.118. The summed E-state index contributed by atoms with van der Waals surface area (Å²) < 4.78 is 7.46. The van der Waals surface area contributed by atoms with Crippen molar-refractivity contribution < 1.29 is 9.53 Å². The number of piperidine rings is 1. The van der Waals surface area contributed by atoms with Crippen molar-refractivity contribution in [3.8, 4) is 0 Å². The minimum atomic E-state index is -0.139. The highest BCUT2D eigenvalue weighted by Gasteiger charge is 2.43. The Hall–Kier alpha value is -2.74. The first-order valence-corrected chi connectivity index (χ1v) is 10.8. The van der Waals surface area contributed by atoms with Crippen molar-refractivity contribution in [1.82, 2.24) is 19.4 Å². The molecule has 0 saturated carbocycles. The molecule has 4 aliphatic rings. The molecule has 0 unspecified atom stereocenters. The fraction of sp³-hybridized carbons (Fsp3) is 0.545. The van der Waals surface area contributed by atoms with E-state index in [1.54, 1.807) is 12.4 Å². The largest absolute Gasteiger partial charge is 0.374 e. The molecule has 0 aromatic carbocycles. The van der Waals surface area contributed by atoms with Crippen LogP contribution in [0.1, 0.15) is 40.5 Å². The van der Waals surface area contributed by atoms with Crippen LogP contribution < -0.4 is 10.5 Å². The molecule has 8 nitrogen and oxygen atoms in total. The van der Waals surface area contributed by atoms with Gasteiger partial charge >= 0.3 is 0 Å². The molecule has 1 amide bonds. The predicted octanol–water partition coefficient (Wildman–Crippen LogP) is 1.18. The number of likely N-dealkylation sites (tertiary alicyclic amines) is 1. The summed E-state index contributed by atoms with van der Waals surface area (Å²) in [4.78, 5) is 39.2. The zero-order chi connectivity index (χ0) is 20.4. The van der Waals surface area contributed by atoms with Crippen LogP contribution in [0.15, 0.2) is 29.3 Å². The molecule has 2 aromatic rings. The van der Waals surface area contributed by atoms with E-state index in [9.17, 15) is 9.59 Å². The molecule has 30 heavy (non-hydrogen) atoms. The fourth-order valence-corrected chi connectivity index (χ4v) is 5.71. The SMILES string of the molecule is Cc1cc(N2C[C@@H]3C[C@H](C2)c2ccc(C(=O)N4C[C@H]5C[C@@H]4CO5)c(=O)n2C3)ncn1. The van der Waals surface area contributed by atoms with Gasteiger partial charge in [-0.25, -0.2) is 9.97 Å². The van der Waals surface area contributed by atoms with Gasteiger partial charge in [-0.1, -0.05) is 0 Å². The lowest BCUT2D eigenvalue weighted by Gasteiger charge is -2.43. The Kier molecular flexibility index (Phi) is 3.99. The smallest absolute Gasteiger partial charge is 0.263 e. The maximum Gasteiger partial charge on any atom is 0.263 e. The maximum atomic E-state index is 13.3. The lowest BCUT2D eigenvalue weighted by atomic mass is 9.83. The van der Waals surface area contributed by atoms with Crippen molar-refractivity contribution in [1.29, 1.82) is 0 Å². The molecule has 4 aliphatic heterocycles. The molecule has 0 spiro atoms. The van der Waals surface area contributed by atoms with Gasteiger partial charge in [-0.05, 0) is 37.8 Å². The topological polar surface area (TPSA) is 80.6 Å². The molecule has 0 N–H and O–H groups in total. The normalized spacial score (nSPS) is 29.2. The zero-order valence-corrected chi connectivity index (χ0v) is 17.0. The van der Waals surface area contributed by atoms with Crippen molar-refractivity contribution in [2.75, 3.05) is 31.1 Å². The summed E-state index contributed by atoms with van der Waals surface area (Å²) in [5, 5.41) is 0. The van der Waals surface area contributed by atoms with E-state index >= 15 is 0 Å². The van der Waals surface area contributed by atoms with Crippen LogP contribution in [0, 0.1) is 12.8 Å².